The second-order valence-electron chi connectivity index (χ2n) is 5.48. The molecule has 0 saturated carbocycles. The topological polar surface area (TPSA) is 56.5 Å². The molecule has 0 fully saturated rings. The molecule has 0 aliphatic heterocycles. The summed E-state index contributed by atoms with van der Waals surface area (Å²) in [6.45, 7) is 0. The Morgan fingerprint density at radius 2 is 1.73 bits per heavy atom. The highest BCUT2D eigenvalue weighted by Gasteiger charge is 2.17. The van der Waals surface area contributed by atoms with Crippen molar-refractivity contribution < 1.29 is 0 Å². The second-order valence-corrected chi connectivity index (χ2v) is 6.86. The number of para-hydroxylation sites is 1. The van der Waals surface area contributed by atoms with Crippen LogP contribution in [0.25, 0.3) is 17.2 Å². The largest absolute Gasteiger partial charge is 0.269 e. The summed E-state index contributed by atoms with van der Waals surface area (Å²) in [5, 5.41) is 10.3. The zero-order valence-corrected chi connectivity index (χ0v) is 15.2. The van der Waals surface area contributed by atoms with Crippen LogP contribution in [0.1, 0.15) is 5.56 Å². The molecular formula is C19H14ClN5S. The molecule has 4 aromatic rings. The zero-order chi connectivity index (χ0) is 17.8. The SMILES string of the molecule is Clc1ccc(CSc2nnc(-c3cnccn3)n2-c2ccccc2)cc1. The van der Waals surface area contributed by atoms with Gasteiger partial charge in [-0.15, -0.1) is 10.2 Å². The molecule has 2 aromatic heterocycles. The van der Waals surface area contributed by atoms with E-state index in [9.17, 15) is 0 Å². The summed E-state index contributed by atoms with van der Waals surface area (Å²) in [5.41, 5.74) is 2.84. The number of aromatic nitrogens is 5. The molecule has 0 N–H and O–H groups in total. The molecule has 0 aliphatic carbocycles. The fourth-order valence-electron chi connectivity index (χ4n) is 2.48. The highest BCUT2D eigenvalue weighted by molar-refractivity contribution is 7.98. The molecule has 0 saturated heterocycles. The smallest absolute Gasteiger partial charge is 0.196 e. The number of halogens is 1. The Bertz CT molecular complexity index is 988. The van der Waals surface area contributed by atoms with E-state index in [2.05, 4.69) is 20.2 Å². The third kappa shape index (κ3) is 3.61. The summed E-state index contributed by atoms with van der Waals surface area (Å²) < 4.78 is 2.00. The van der Waals surface area contributed by atoms with E-state index in [4.69, 9.17) is 11.6 Å². The first-order valence-electron chi connectivity index (χ1n) is 7.96. The van der Waals surface area contributed by atoms with Crippen molar-refractivity contribution >= 4 is 23.4 Å². The van der Waals surface area contributed by atoms with E-state index >= 15 is 0 Å². The van der Waals surface area contributed by atoms with Crippen molar-refractivity contribution in [3.8, 4) is 17.2 Å². The lowest BCUT2D eigenvalue weighted by Crippen LogP contribution is -2.00. The standard InChI is InChI=1S/C19H14ClN5S/c20-15-8-6-14(7-9-15)13-26-19-24-23-18(17-12-21-10-11-22-17)25(19)16-4-2-1-3-5-16/h1-12H,13H2. The maximum atomic E-state index is 5.96. The van der Waals surface area contributed by atoms with Crippen LogP contribution < -0.4 is 0 Å². The van der Waals surface area contributed by atoms with Crippen LogP contribution in [0.4, 0.5) is 0 Å². The molecule has 0 bridgehead atoms. The lowest BCUT2D eigenvalue weighted by molar-refractivity contribution is 0.884. The van der Waals surface area contributed by atoms with Crippen LogP contribution in [0.5, 0.6) is 0 Å². The highest BCUT2D eigenvalue weighted by atomic mass is 35.5. The molecule has 0 radical (unpaired) electrons. The Balaban J connectivity index is 1.70. The van der Waals surface area contributed by atoms with Gasteiger partial charge in [-0.2, -0.15) is 0 Å². The van der Waals surface area contributed by atoms with Crippen molar-refractivity contribution in [1.29, 1.82) is 0 Å². The van der Waals surface area contributed by atoms with Crippen LogP contribution in [-0.4, -0.2) is 24.7 Å². The first-order valence-corrected chi connectivity index (χ1v) is 9.32. The summed E-state index contributed by atoms with van der Waals surface area (Å²) in [5.74, 6) is 1.44. The Labute approximate surface area is 160 Å². The van der Waals surface area contributed by atoms with Gasteiger partial charge in [0.05, 0.1) is 6.20 Å². The van der Waals surface area contributed by atoms with Gasteiger partial charge in [0.15, 0.2) is 11.0 Å². The number of hydrogen-bond acceptors (Lipinski definition) is 5. The molecule has 128 valence electrons. The molecule has 0 spiro atoms. The average molecular weight is 380 g/mol. The van der Waals surface area contributed by atoms with Crippen molar-refractivity contribution in [2.45, 2.75) is 10.9 Å². The van der Waals surface area contributed by atoms with Crippen molar-refractivity contribution in [1.82, 2.24) is 24.7 Å². The molecule has 7 heteroatoms. The van der Waals surface area contributed by atoms with Gasteiger partial charge in [-0.1, -0.05) is 53.7 Å². The molecule has 26 heavy (non-hydrogen) atoms. The van der Waals surface area contributed by atoms with Crippen molar-refractivity contribution in [2.24, 2.45) is 0 Å². The van der Waals surface area contributed by atoms with Crippen LogP contribution in [0.3, 0.4) is 0 Å². The number of rotatable bonds is 5. The van der Waals surface area contributed by atoms with Gasteiger partial charge in [-0.3, -0.25) is 9.55 Å². The Morgan fingerprint density at radius 3 is 2.46 bits per heavy atom. The van der Waals surface area contributed by atoms with Crippen LogP contribution in [0.15, 0.2) is 78.3 Å². The van der Waals surface area contributed by atoms with Gasteiger partial charge in [0.1, 0.15) is 5.69 Å². The van der Waals surface area contributed by atoms with Gasteiger partial charge in [0.2, 0.25) is 0 Å². The molecule has 4 rings (SSSR count). The molecule has 0 amide bonds. The minimum absolute atomic E-state index is 0.669. The van der Waals surface area contributed by atoms with E-state index in [1.165, 1.54) is 5.56 Å². The van der Waals surface area contributed by atoms with Crippen LogP contribution in [-0.2, 0) is 5.75 Å². The summed E-state index contributed by atoms with van der Waals surface area (Å²) in [6.07, 6.45) is 4.99. The molecule has 0 atom stereocenters. The molecule has 2 aromatic carbocycles. The fraction of sp³-hybridized carbons (Fsp3) is 0.0526. The Kier molecular flexibility index (Phi) is 4.95. The maximum absolute atomic E-state index is 5.96. The second kappa shape index (κ2) is 7.68. The van der Waals surface area contributed by atoms with Crippen LogP contribution in [0, 0.1) is 0 Å². The van der Waals surface area contributed by atoms with Crippen LogP contribution >= 0.6 is 23.4 Å². The first kappa shape index (κ1) is 16.8. The summed E-state index contributed by atoms with van der Waals surface area (Å²) in [6, 6.07) is 17.8. The molecule has 0 aliphatic rings. The number of nitrogens with zero attached hydrogens (tertiary/aromatic N) is 5. The Morgan fingerprint density at radius 1 is 0.923 bits per heavy atom. The minimum Gasteiger partial charge on any atom is -0.269 e. The van der Waals surface area contributed by atoms with Crippen molar-refractivity contribution in [3.63, 3.8) is 0 Å². The lowest BCUT2D eigenvalue weighted by Gasteiger charge is -2.09. The first-order chi connectivity index (χ1) is 12.8. The van der Waals surface area contributed by atoms with E-state index in [1.807, 2.05) is 59.2 Å². The number of thioether (sulfide) groups is 1. The van der Waals surface area contributed by atoms with Crippen molar-refractivity contribution in [3.05, 3.63) is 83.8 Å². The number of hydrogen-bond donors (Lipinski definition) is 0. The summed E-state index contributed by atoms with van der Waals surface area (Å²) in [7, 11) is 0. The summed E-state index contributed by atoms with van der Waals surface area (Å²) >= 11 is 7.57. The van der Waals surface area contributed by atoms with E-state index in [-0.39, 0.29) is 0 Å². The van der Waals surface area contributed by atoms with E-state index in [0.29, 0.717) is 11.5 Å². The van der Waals surface area contributed by atoms with Gasteiger partial charge in [-0.25, -0.2) is 4.98 Å². The quantitative estimate of drug-likeness (QED) is 0.471. The molecular weight excluding hydrogens is 366 g/mol. The van der Waals surface area contributed by atoms with E-state index in [0.717, 1.165) is 21.6 Å². The van der Waals surface area contributed by atoms with Gasteiger partial charge >= 0.3 is 0 Å². The molecule has 2 heterocycles. The number of benzene rings is 2. The van der Waals surface area contributed by atoms with Gasteiger partial charge in [-0.05, 0) is 29.8 Å². The maximum Gasteiger partial charge on any atom is 0.196 e. The highest BCUT2D eigenvalue weighted by Crippen LogP contribution is 2.28. The third-order valence-corrected chi connectivity index (χ3v) is 4.97. The van der Waals surface area contributed by atoms with E-state index < -0.39 is 0 Å². The molecule has 0 unspecified atom stereocenters. The third-order valence-electron chi connectivity index (χ3n) is 3.72. The monoisotopic (exact) mass is 379 g/mol. The predicted molar refractivity (Wildman–Crippen MR) is 103 cm³/mol. The average Bonchev–Trinajstić information content (AvgIpc) is 3.13. The minimum atomic E-state index is 0.669. The van der Waals surface area contributed by atoms with Gasteiger partial charge in [0, 0.05) is 28.9 Å². The van der Waals surface area contributed by atoms with Gasteiger partial charge < -0.3 is 0 Å². The summed E-state index contributed by atoms with van der Waals surface area (Å²) in [4.78, 5) is 8.51. The molecule has 5 nitrogen and oxygen atoms in total. The van der Waals surface area contributed by atoms with E-state index in [1.54, 1.807) is 30.4 Å². The lowest BCUT2D eigenvalue weighted by atomic mass is 10.2. The van der Waals surface area contributed by atoms with Crippen LogP contribution in [0.2, 0.25) is 5.02 Å². The zero-order valence-electron chi connectivity index (χ0n) is 13.7. The predicted octanol–water partition coefficient (Wildman–Crippen LogP) is 4.67. The fourth-order valence-corrected chi connectivity index (χ4v) is 3.52. The normalized spacial score (nSPS) is 10.8. The van der Waals surface area contributed by atoms with Gasteiger partial charge in [0.25, 0.3) is 0 Å². The van der Waals surface area contributed by atoms with Crippen molar-refractivity contribution in [2.75, 3.05) is 0 Å². The Hall–Kier alpha value is -2.70.